The Morgan fingerprint density at radius 2 is 1.00 bits per heavy atom. The van der Waals surface area contributed by atoms with E-state index < -0.39 is 18.3 Å². The maximum Gasteiger partial charge on any atom is 0 e. The zero-order valence-corrected chi connectivity index (χ0v) is 16.7. The topological polar surface area (TPSA) is 69.2 Å². The molecule has 4 heteroatoms. The normalized spacial score (nSPS) is 9.33. The second-order valence-electron chi connectivity index (χ2n) is 4.15. The first-order valence-electron chi connectivity index (χ1n) is 5.89. The summed E-state index contributed by atoms with van der Waals surface area (Å²) in [5.41, 5.74) is 0. The van der Waals surface area contributed by atoms with Crippen LogP contribution in [0.5, 0.6) is 0 Å². The molecule has 0 amide bonds. The fraction of sp³-hybridized carbons (Fsp3) is 0.588. The fourth-order valence-corrected chi connectivity index (χ4v) is 0.340. The minimum Gasteiger partial charge on any atom is -0.852 e. The molecule has 1 aliphatic carbocycles. The SMILES string of the molecule is CC(C)[O-].CC(C)[O-].CC(C)[O-].[C-]1=CC=CC1.[CH3-].[CH3-].[CH3-].[V]. The second kappa shape index (κ2) is 36.8. The average molecular weight is 338 g/mol. The van der Waals surface area contributed by atoms with Gasteiger partial charge in [-0.05, 0) is 0 Å². The van der Waals surface area contributed by atoms with Crippen LogP contribution in [-0.2, 0) is 18.6 Å². The van der Waals surface area contributed by atoms with Gasteiger partial charge in [-0.3, -0.25) is 6.08 Å². The molecule has 0 spiro atoms. The Balaban J connectivity index is -0.0000000236. The largest absolute Gasteiger partial charge is 0.852 e. The van der Waals surface area contributed by atoms with E-state index in [1.165, 1.54) is 0 Å². The Labute approximate surface area is 147 Å². The summed E-state index contributed by atoms with van der Waals surface area (Å²) in [5.74, 6) is 0. The van der Waals surface area contributed by atoms with Crippen LogP contribution in [0.2, 0.25) is 0 Å². The first kappa shape index (κ1) is 42.8. The van der Waals surface area contributed by atoms with Gasteiger partial charge in [-0.2, -0.15) is 6.08 Å². The van der Waals surface area contributed by atoms with E-state index in [-0.39, 0.29) is 40.8 Å². The van der Waals surface area contributed by atoms with Crippen LogP contribution in [0.25, 0.3) is 0 Å². The summed E-state index contributed by atoms with van der Waals surface area (Å²) in [7, 11) is 0. The monoisotopic (exact) mass is 338 g/mol. The third kappa shape index (κ3) is 263. The summed E-state index contributed by atoms with van der Waals surface area (Å²) in [4.78, 5) is 0. The average Bonchev–Trinajstić information content (AvgIpc) is 2.53. The molecule has 0 heterocycles. The van der Waals surface area contributed by atoms with Crippen molar-refractivity contribution in [3.8, 4) is 0 Å². The van der Waals surface area contributed by atoms with Gasteiger partial charge < -0.3 is 37.6 Å². The van der Waals surface area contributed by atoms with Crippen LogP contribution < -0.4 is 15.3 Å². The molecule has 0 atom stereocenters. The van der Waals surface area contributed by atoms with Crippen molar-refractivity contribution in [1.82, 2.24) is 0 Å². The van der Waals surface area contributed by atoms with Gasteiger partial charge in [-0.1, -0.05) is 41.5 Å². The van der Waals surface area contributed by atoms with E-state index in [0.717, 1.165) is 6.42 Å². The van der Waals surface area contributed by atoms with Gasteiger partial charge >= 0.3 is 0 Å². The Morgan fingerprint density at radius 1 is 0.762 bits per heavy atom. The molecule has 21 heavy (non-hydrogen) atoms. The number of allylic oxidation sites excluding steroid dienone is 4. The molecular formula is C17H35O3V-7. The van der Waals surface area contributed by atoms with Crippen molar-refractivity contribution in [3.05, 3.63) is 46.6 Å². The molecule has 133 valence electrons. The summed E-state index contributed by atoms with van der Waals surface area (Å²) >= 11 is 0. The van der Waals surface area contributed by atoms with Crippen LogP contribution >= 0.6 is 0 Å². The summed E-state index contributed by atoms with van der Waals surface area (Å²) in [6.07, 6.45) is 8.75. The zero-order valence-electron chi connectivity index (χ0n) is 15.3. The standard InChI is InChI=1S/C5H5.3C3H7O.3CH3.V/c1-2-4-5-3-1;3*1-3(2)4;;;;/h1-3H,4H2;3*3H,1-2H3;3*1H3;/q7*-1;. The van der Waals surface area contributed by atoms with E-state index in [2.05, 4.69) is 12.2 Å². The third-order valence-electron chi connectivity index (χ3n) is 0.586. The van der Waals surface area contributed by atoms with E-state index >= 15 is 0 Å². The predicted octanol–water partition coefficient (Wildman–Crippen LogP) is 1.92. The third-order valence-corrected chi connectivity index (χ3v) is 0.586. The number of rotatable bonds is 0. The van der Waals surface area contributed by atoms with Gasteiger partial charge in [-0.25, -0.2) is 12.2 Å². The van der Waals surface area contributed by atoms with Crippen molar-refractivity contribution in [2.75, 3.05) is 0 Å². The molecule has 1 rings (SSSR count). The van der Waals surface area contributed by atoms with E-state index in [1.807, 2.05) is 12.2 Å². The quantitative estimate of drug-likeness (QED) is 0.634. The molecule has 3 nitrogen and oxygen atoms in total. The summed E-state index contributed by atoms with van der Waals surface area (Å²) in [6, 6.07) is 0. The van der Waals surface area contributed by atoms with Crippen molar-refractivity contribution in [3.63, 3.8) is 0 Å². The van der Waals surface area contributed by atoms with Crippen molar-refractivity contribution in [2.45, 2.75) is 66.3 Å². The molecule has 0 aromatic carbocycles. The van der Waals surface area contributed by atoms with Crippen molar-refractivity contribution < 1.29 is 33.9 Å². The second-order valence-corrected chi connectivity index (χ2v) is 4.15. The maximum absolute atomic E-state index is 9.53. The van der Waals surface area contributed by atoms with E-state index in [4.69, 9.17) is 0 Å². The fourth-order valence-electron chi connectivity index (χ4n) is 0.340. The molecular weight excluding hydrogens is 303 g/mol. The molecule has 0 saturated heterocycles. The molecule has 0 bridgehead atoms. The van der Waals surface area contributed by atoms with Crippen molar-refractivity contribution in [2.24, 2.45) is 0 Å². The van der Waals surface area contributed by atoms with Crippen LogP contribution in [0.15, 0.2) is 18.2 Å². The molecule has 0 aromatic rings. The molecule has 0 N–H and O–H groups in total. The van der Waals surface area contributed by atoms with Gasteiger partial charge in [0.25, 0.3) is 0 Å². The van der Waals surface area contributed by atoms with Crippen molar-refractivity contribution in [1.29, 1.82) is 0 Å². The molecule has 0 aromatic heterocycles. The van der Waals surface area contributed by atoms with Crippen LogP contribution in [0.3, 0.4) is 0 Å². The summed E-state index contributed by atoms with van der Waals surface area (Å²) in [6.45, 7) is 9.67. The molecule has 1 aliphatic rings. The van der Waals surface area contributed by atoms with Gasteiger partial charge in [0.1, 0.15) is 0 Å². The van der Waals surface area contributed by atoms with Gasteiger partial charge in [0.15, 0.2) is 0 Å². The Bertz CT molecular complexity index is 144. The van der Waals surface area contributed by atoms with Gasteiger partial charge in [-0.15, -0.1) is 24.7 Å². The molecule has 0 unspecified atom stereocenters. The van der Waals surface area contributed by atoms with E-state index in [0.29, 0.717) is 0 Å². The van der Waals surface area contributed by atoms with Crippen LogP contribution in [0.1, 0.15) is 48.0 Å². The molecule has 1 radical (unpaired) electrons. The van der Waals surface area contributed by atoms with Crippen LogP contribution in [0, 0.1) is 28.4 Å². The maximum atomic E-state index is 9.53. The number of hydrogen-bond donors (Lipinski definition) is 0. The molecule has 0 aliphatic heterocycles. The molecule has 0 saturated carbocycles. The zero-order chi connectivity index (χ0) is 14.3. The Kier molecular flexibility index (Phi) is 75.1. The Hall–Kier alpha value is -0.0556. The van der Waals surface area contributed by atoms with Crippen molar-refractivity contribution >= 4 is 0 Å². The Morgan fingerprint density at radius 3 is 1.05 bits per heavy atom. The first-order chi connectivity index (χ1) is 7.70. The van der Waals surface area contributed by atoms with E-state index in [1.54, 1.807) is 41.5 Å². The predicted molar refractivity (Wildman–Crippen MR) is 86.2 cm³/mol. The molecule has 0 fully saturated rings. The van der Waals surface area contributed by atoms with Gasteiger partial charge in [0.05, 0.1) is 0 Å². The first-order valence-corrected chi connectivity index (χ1v) is 5.89. The van der Waals surface area contributed by atoms with Gasteiger partial charge in [0.2, 0.25) is 0 Å². The van der Waals surface area contributed by atoms with Gasteiger partial charge in [0, 0.05) is 18.6 Å². The number of hydrogen-bond acceptors (Lipinski definition) is 3. The van der Waals surface area contributed by atoms with E-state index in [9.17, 15) is 15.3 Å². The minimum atomic E-state index is -0.417. The smallest absolute Gasteiger partial charge is 0 e. The van der Waals surface area contributed by atoms with Crippen LogP contribution in [0.4, 0.5) is 0 Å². The van der Waals surface area contributed by atoms with Crippen LogP contribution in [-0.4, -0.2) is 18.3 Å². The summed E-state index contributed by atoms with van der Waals surface area (Å²) < 4.78 is 0. The minimum absolute atomic E-state index is 0. The summed E-state index contributed by atoms with van der Waals surface area (Å²) in [5, 5.41) is 28.6.